The van der Waals surface area contributed by atoms with Crippen LogP contribution >= 0.6 is 0 Å². The standard InChI is InChI=1S/C13H26N4O3/c1-6-13(4,11(14)16-20)12(19)17(5)8-10(18)15-7-9(2)3/h9,20H,6-8H2,1-5H3,(H2,14,16)(H,15,18). The van der Waals surface area contributed by atoms with E-state index in [1.54, 1.807) is 13.8 Å². The van der Waals surface area contributed by atoms with Gasteiger partial charge in [0.25, 0.3) is 0 Å². The van der Waals surface area contributed by atoms with Crippen LogP contribution in [0.3, 0.4) is 0 Å². The number of nitrogens with one attached hydrogen (secondary N) is 1. The van der Waals surface area contributed by atoms with E-state index in [0.29, 0.717) is 18.9 Å². The maximum atomic E-state index is 12.3. The van der Waals surface area contributed by atoms with Gasteiger partial charge in [-0.15, -0.1) is 0 Å². The minimum absolute atomic E-state index is 0.0557. The minimum Gasteiger partial charge on any atom is -0.409 e. The second kappa shape index (κ2) is 7.72. The number of hydrogen-bond donors (Lipinski definition) is 3. The number of nitrogens with two attached hydrogens (primary N) is 1. The predicted molar refractivity (Wildman–Crippen MR) is 77.3 cm³/mol. The Kier molecular flexibility index (Phi) is 7.02. The van der Waals surface area contributed by atoms with E-state index in [1.807, 2.05) is 13.8 Å². The molecule has 0 aromatic carbocycles. The van der Waals surface area contributed by atoms with E-state index >= 15 is 0 Å². The van der Waals surface area contributed by atoms with Crippen molar-refractivity contribution >= 4 is 17.6 Å². The summed E-state index contributed by atoms with van der Waals surface area (Å²) >= 11 is 0. The molecular formula is C13H26N4O3. The molecule has 0 aliphatic heterocycles. The van der Waals surface area contributed by atoms with Crippen molar-refractivity contribution in [3.63, 3.8) is 0 Å². The highest BCUT2D eigenvalue weighted by atomic mass is 16.4. The third-order valence-corrected chi connectivity index (χ3v) is 3.29. The topological polar surface area (TPSA) is 108 Å². The Hall–Kier alpha value is -1.79. The van der Waals surface area contributed by atoms with E-state index in [-0.39, 0.29) is 24.2 Å². The van der Waals surface area contributed by atoms with Gasteiger partial charge in [-0.25, -0.2) is 0 Å². The summed E-state index contributed by atoms with van der Waals surface area (Å²) in [7, 11) is 1.52. The van der Waals surface area contributed by atoms with Gasteiger partial charge in [0.2, 0.25) is 11.8 Å². The van der Waals surface area contributed by atoms with Crippen LogP contribution in [0.5, 0.6) is 0 Å². The van der Waals surface area contributed by atoms with Crippen LogP contribution in [-0.2, 0) is 9.59 Å². The first kappa shape index (κ1) is 18.2. The highest BCUT2D eigenvalue weighted by molar-refractivity contribution is 6.06. The summed E-state index contributed by atoms with van der Waals surface area (Å²) in [5, 5.41) is 14.4. The molecular weight excluding hydrogens is 260 g/mol. The zero-order valence-electron chi connectivity index (χ0n) is 12.9. The SMILES string of the molecule is CCC(C)(C(=O)N(C)CC(=O)NCC(C)C)C(N)=NO. The van der Waals surface area contributed by atoms with E-state index < -0.39 is 5.41 Å². The zero-order chi connectivity index (χ0) is 15.9. The van der Waals surface area contributed by atoms with Crippen LogP contribution in [-0.4, -0.2) is 47.9 Å². The van der Waals surface area contributed by atoms with Crippen molar-refractivity contribution in [3.8, 4) is 0 Å². The average Bonchev–Trinajstić information content (AvgIpc) is 2.42. The van der Waals surface area contributed by atoms with Crippen molar-refractivity contribution in [2.75, 3.05) is 20.1 Å². The summed E-state index contributed by atoms with van der Waals surface area (Å²) in [5.74, 6) is -0.389. The molecule has 0 spiro atoms. The summed E-state index contributed by atoms with van der Waals surface area (Å²) in [4.78, 5) is 25.3. The third-order valence-electron chi connectivity index (χ3n) is 3.29. The minimum atomic E-state index is -1.11. The maximum absolute atomic E-state index is 12.3. The number of carbonyl (C=O) groups excluding carboxylic acids is 2. The molecule has 0 radical (unpaired) electrons. The molecule has 0 rings (SSSR count). The normalized spacial score (nSPS) is 14.8. The van der Waals surface area contributed by atoms with Crippen molar-refractivity contribution < 1.29 is 14.8 Å². The number of hydrogen-bond acceptors (Lipinski definition) is 4. The Bertz CT molecular complexity index is 382. The molecule has 0 fully saturated rings. The Morgan fingerprint density at radius 2 is 2.00 bits per heavy atom. The van der Waals surface area contributed by atoms with Crippen molar-refractivity contribution in [1.29, 1.82) is 0 Å². The van der Waals surface area contributed by atoms with Crippen LogP contribution in [0.4, 0.5) is 0 Å². The van der Waals surface area contributed by atoms with Crippen LogP contribution < -0.4 is 11.1 Å². The largest absolute Gasteiger partial charge is 0.409 e. The molecule has 4 N–H and O–H groups in total. The Morgan fingerprint density at radius 3 is 2.40 bits per heavy atom. The number of likely N-dealkylation sites (N-methyl/N-ethyl adjacent to an activating group) is 1. The first-order chi connectivity index (χ1) is 9.18. The molecule has 0 aliphatic rings. The Balaban J connectivity index is 4.72. The molecule has 0 saturated heterocycles. The van der Waals surface area contributed by atoms with Gasteiger partial charge >= 0.3 is 0 Å². The fourth-order valence-electron chi connectivity index (χ4n) is 1.63. The lowest BCUT2D eigenvalue weighted by atomic mass is 9.84. The second-order valence-electron chi connectivity index (χ2n) is 5.53. The van der Waals surface area contributed by atoms with E-state index in [1.165, 1.54) is 11.9 Å². The lowest BCUT2D eigenvalue weighted by molar-refractivity contribution is -0.140. The molecule has 7 nitrogen and oxygen atoms in total. The molecule has 0 aromatic heterocycles. The van der Waals surface area contributed by atoms with Crippen molar-refractivity contribution in [1.82, 2.24) is 10.2 Å². The van der Waals surface area contributed by atoms with Gasteiger partial charge in [-0.2, -0.15) is 0 Å². The average molecular weight is 286 g/mol. The van der Waals surface area contributed by atoms with Crippen LogP contribution in [0, 0.1) is 11.3 Å². The van der Waals surface area contributed by atoms with Gasteiger partial charge in [-0.3, -0.25) is 9.59 Å². The van der Waals surface area contributed by atoms with E-state index in [9.17, 15) is 9.59 Å². The Labute approximate surface area is 120 Å². The predicted octanol–water partition coefficient (Wildman–Crippen LogP) is 0.380. The van der Waals surface area contributed by atoms with Gasteiger partial charge in [-0.1, -0.05) is 25.9 Å². The molecule has 0 aliphatic carbocycles. The van der Waals surface area contributed by atoms with Gasteiger partial charge < -0.3 is 21.2 Å². The number of carbonyl (C=O) groups is 2. The number of nitrogens with zero attached hydrogens (tertiary/aromatic N) is 2. The van der Waals surface area contributed by atoms with Gasteiger partial charge in [0.05, 0.1) is 6.54 Å². The van der Waals surface area contributed by atoms with E-state index in [4.69, 9.17) is 10.9 Å². The molecule has 1 atom stereocenters. The van der Waals surface area contributed by atoms with Crippen LogP contribution in [0.25, 0.3) is 0 Å². The summed E-state index contributed by atoms with van der Waals surface area (Å²) < 4.78 is 0. The fraction of sp³-hybridized carbons (Fsp3) is 0.769. The van der Waals surface area contributed by atoms with Gasteiger partial charge in [0.1, 0.15) is 5.41 Å². The number of rotatable bonds is 7. The van der Waals surface area contributed by atoms with Crippen molar-refractivity contribution in [2.24, 2.45) is 22.2 Å². The number of amidine groups is 1. The molecule has 0 bridgehead atoms. The lowest BCUT2D eigenvalue weighted by Gasteiger charge is -2.30. The van der Waals surface area contributed by atoms with Crippen LogP contribution in [0.15, 0.2) is 5.16 Å². The van der Waals surface area contributed by atoms with Gasteiger partial charge in [0, 0.05) is 13.6 Å². The molecule has 0 aromatic rings. The fourth-order valence-corrected chi connectivity index (χ4v) is 1.63. The smallest absolute Gasteiger partial charge is 0.239 e. The molecule has 0 saturated carbocycles. The lowest BCUT2D eigenvalue weighted by Crippen LogP contribution is -2.50. The monoisotopic (exact) mass is 286 g/mol. The molecule has 2 amide bonds. The quantitative estimate of drug-likeness (QED) is 0.272. The van der Waals surface area contributed by atoms with Crippen LogP contribution in [0.1, 0.15) is 34.1 Å². The summed E-state index contributed by atoms with van der Waals surface area (Å²) in [6.07, 6.45) is 0.375. The van der Waals surface area contributed by atoms with Gasteiger partial charge in [0.15, 0.2) is 5.84 Å². The van der Waals surface area contributed by atoms with E-state index in [0.717, 1.165) is 0 Å². The van der Waals surface area contributed by atoms with E-state index in [2.05, 4.69) is 10.5 Å². The second-order valence-corrected chi connectivity index (χ2v) is 5.53. The van der Waals surface area contributed by atoms with Gasteiger partial charge in [-0.05, 0) is 19.3 Å². The molecule has 1 unspecified atom stereocenters. The van der Waals surface area contributed by atoms with Crippen LogP contribution in [0.2, 0.25) is 0 Å². The zero-order valence-corrected chi connectivity index (χ0v) is 12.9. The molecule has 7 heteroatoms. The highest BCUT2D eigenvalue weighted by Crippen LogP contribution is 2.23. The molecule has 20 heavy (non-hydrogen) atoms. The Morgan fingerprint density at radius 1 is 1.45 bits per heavy atom. The first-order valence-electron chi connectivity index (χ1n) is 6.69. The number of amides is 2. The summed E-state index contributed by atoms with van der Waals surface area (Å²) in [5.41, 5.74) is 4.47. The van der Waals surface area contributed by atoms with Crippen molar-refractivity contribution in [3.05, 3.63) is 0 Å². The first-order valence-corrected chi connectivity index (χ1v) is 6.69. The highest BCUT2D eigenvalue weighted by Gasteiger charge is 2.38. The summed E-state index contributed by atoms with van der Waals surface area (Å²) in [6.45, 7) is 7.84. The maximum Gasteiger partial charge on any atom is 0.239 e. The molecule has 116 valence electrons. The number of oxime groups is 1. The van der Waals surface area contributed by atoms with Crippen molar-refractivity contribution in [2.45, 2.75) is 34.1 Å². The third kappa shape index (κ3) is 4.71. The summed E-state index contributed by atoms with van der Waals surface area (Å²) in [6, 6.07) is 0. The molecule has 0 heterocycles.